The summed E-state index contributed by atoms with van der Waals surface area (Å²) in [6, 6.07) is 67.7. The molecule has 0 bridgehead atoms. The normalized spacial score (nSPS) is 11.9. The summed E-state index contributed by atoms with van der Waals surface area (Å²) >= 11 is 3.72. The Balaban J connectivity index is 0.978. The molecule has 12 rings (SSSR count). The SMILES string of the molecule is C=Cc1sc2cc(-c3ccc4cc(-c5c6ccccc6c(-c6cccc7ccccc67)c6ccccc56)ccc4c3)ccc2c1-c1c(C)ccc2sc3ccccc3c12. The summed E-state index contributed by atoms with van der Waals surface area (Å²) in [6.45, 7) is 6.54. The first-order valence-corrected chi connectivity index (χ1v) is 21.8. The third kappa shape index (κ3) is 5.27. The number of thiophene rings is 2. The summed E-state index contributed by atoms with van der Waals surface area (Å²) in [4.78, 5) is 1.22. The Kier molecular flexibility index (Phi) is 7.75. The Hall–Kier alpha value is -6.84. The van der Waals surface area contributed by atoms with E-state index in [4.69, 9.17) is 0 Å². The second-order valence-electron chi connectivity index (χ2n) is 15.6. The van der Waals surface area contributed by atoms with Gasteiger partial charge in [0.05, 0.1) is 0 Å². The van der Waals surface area contributed by atoms with Gasteiger partial charge in [0.25, 0.3) is 0 Å². The largest absolute Gasteiger partial charge is 0.135 e. The van der Waals surface area contributed by atoms with Crippen LogP contribution in [0.2, 0.25) is 0 Å². The van der Waals surface area contributed by atoms with Crippen molar-refractivity contribution in [2.75, 3.05) is 0 Å². The number of fused-ring (bicyclic) bond motifs is 8. The lowest BCUT2D eigenvalue weighted by molar-refractivity contribution is 1.51. The van der Waals surface area contributed by atoms with E-state index in [9.17, 15) is 0 Å². The lowest BCUT2D eigenvalue weighted by atomic mass is 9.84. The van der Waals surface area contributed by atoms with Crippen LogP contribution in [0.4, 0.5) is 0 Å². The third-order valence-electron chi connectivity index (χ3n) is 12.4. The van der Waals surface area contributed by atoms with E-state index >= 15 is 0 Å². The van der Waals surface area contributed by atoms with Crippen LogP contribution in [0.25, 0.3) is 124 Å². The molecule has 276 valence electrons. The Morgan fingerprint density at radius 2 is 0.966 bits per heavy atom. The van der Waals surface area contributed by atoms with Crippen LogP contribution in [0, 0.1) is 6.92 Å². The van der Waals surface area contributed by atoms with Crippen molar-refractivity contribution in [3.05, 3.63) is 199 Å². The zero-order valence-electron chi connectivity index (χ0n) is 32.4. The Morgan fingerprint density at radius 1 is 0.373 bits per heavy atom. The van der Waals surface area contributed by atoms with Gasteiger partial charge in [-0.2, -0.15) is 0 Å². The quantitative estimate of drug-likeness (QED) is 0.153. The number of hydrogen-bond donors (Lipinski definition) is 0. The maximum absolute atomic E-state index is 4.29. The minimum Gasteiger partial charge on any atom is -0.135 e. The van der Waals surface area contributed by atoms with Gasteiger partial charge in [0.1, 0.15) is 0 Å². The molecular formula is C57H36S2. The van der Waals surface area contributed by atoms with Crippen molar-refractivity contribution in [3.63, 3.8) is 0 Å². The van der Waals surface area contributed by atoms with Crippen LogP contribution >= 0.6 is 22.7 Å². The van der Waals surface area contributed by atoms with Gasteiger partial charge in [0.15, 0.2) is 0 Å². The third-order valence-corrected chi connectivity index (χ3v) is 14.6. The highest BCUT2D eigenvalue weighted by molar-refractivity contribution is 7.26. The fourth-order valence-electron chi connectivity index (χ4n) is 9.69. The highest BCUT2D eigenvalue weighted by Gasteiger charge is 2.21. The topological polar surface area (TPSA) is 0 Å². The fraction of sp³-hybridized carbons (Fsp3) is 0.0175. The molecule has 0 N–H and O–H groups in total. The molecule has 0 fully saturated rings. The molecule has 59 heavy (non-hydrogen) atoms. The Labute approximate surface area is 350 Å². The summed E-state index contributed by atoms with van der Waals surface area (Å²) in [5.41, 5.74) is 11.5. The molecule has 0 radical (unpaired) electrons. The maximum atomic E-state index is 4.29. The summed E-state index contributed by atoms with van der Waals surface area (Å²) in [7, 11) is 0. The average molecular weight is 785 g/mol. The van der Waals surface area contributed by atoms with E-state index < -0.39 is 0 Å². The average Bonchev–Trinajstić information content (AvgIpc) is 3.86. The van der Waals surface area contributed by atoms with E-state index in [-0.39, 0.29) is 0 Å². The van der Waals surface area contributed by atoms with Crippen LogP contribution in [0.1, 0.15) is 10.4 Å². The van der Waals surface area contributed by atoms with E-state index in [0.29, 0.717) is 0 Å². The van der Waals surface area contributed by atoms with Gasteiger partial charge in [0.2, 0.25) is 0 Å². The predicted molar refractivity (Wildman–Crippen MR) is 261 cm³/mol. The molecule has 0 nitrogen and oxygen atoms in total. The first kappa shape index (κ1) is 34.2. The zero-order chi connectivity index (χ0) is 39.2. The number of aryl methyl sites for hydroxylation is 1. The first-order chi connectivity index (χ1) is 29.1. The van der Waals surface area contributed by atoms with Gasteiger partial charge in [-0.25, -0.2) is 0 Å². The molecule has 0 aliphatic rings. The van der Waals surface area contributed by atoms with E-state index in [2.05, 4.69) is 195 Å². The van der Waals surface area contributed by atoms with Crippen LogP contribution in [0.5, 0.6) is 0 Å². The van der Waals surface area contributed by atoms with Crippen LogP contribution in [0.3, 0.4) is 0 Å². The van der Waals surface area contributed by atoms with E-state index in [1.54, 1.807) is 0 Å². The van der Waals surface area contributed by atoms with Gasteiger partial charge in [-0.1, -0.05) is 164 Å². The van der Waals surface area contributed by atoms with E-state index in [1.165, 1.54) is 128 Å². The van der Waals surface area contributed by atoms with Crippen molar-refractivity contribution < 1.29 is 0 Å². The molecule has 12 aromatic rings. The zero-order valence-corrected chi connectivity index (χ0v) is 34.1. The molecule has 0 atom stereocenters. The Bertz CT molecular complexity index is 3640. The van der Waals surface area contributed by atoms with Crippen LogP contribution < -0.4 is 0 Å². The van der Waals surface area contributed by atoms with Crippen molar-refractivity contribution in [1.29, 1.82) is 0 Å². The van der Waals surface area contributed by atoms with Crippen LogP contribution in [0.15, 0.2) is 189 Å². The van der Waals surface area contributed by atoms with Gasteiger partial charge < -0.3 is 0 Å². The van der Waals surface area contributed by atoms with Gasteiger partial charge in [-0.05, 0) is 125 Å². The second-order valence-corrected chi connectivity index (χ2v) is 17.8. The molecule has 0 aliphatic carbocycles. The minimum atomic E-state index is 1.22. The smallest absolute Gasteiger partial charge is 0.0361 e. The molecule has 0 unspecified atom stereocenters. The number of hydrogen-bond acceptors (Lipinski definition) is 2. The molecule has 0 saturated carbocycles. The van der Waals surface area contributed by atoms with Crippen molar-refractivity contribution in [1.82, 2.24) is 0 Å². The molecule has 0 amide bonds. The lowest BCUT2D eigenvalue weighted by Gasteiger charge is -2.19. The Morgan fingerprint density at radius 3 is 1.71 bits per heavy atom. The van der Waals surface area contributed by atoms with Crippen molar-refractivity contribution in [2.24, 2.45) is 0 Å². The highest BCUT2D eigenvalue weighted by atomic mass is 32.1. The molecule has 2 heteroatoms. The van der Waals surface area contributed by atoms with Crippen molar-refractivity contribution >= 4 is 102 Å². The monoisotopic (exact) mass is 784 g/mol. The van der Waals surface area contributed by atoms with Crippen molar-refractivity contribution in [3.8, 4) is 44.5 Å². The van der Waals surface area contributed by atoms with Crippen LogP contribution in [-0.2, 0) is 0 Å². The number of benzene rings is 10. The van der Waals surface area contributed by atoms with Crippen molar-refractivity contribution in [2.45, 2.75) is 6.92 Å². The molecule has 2 aromatic heterocycles. The summed E-state index contributed by atoms with van der Waals surface area (Å²) < 4.78 is 3.94. The molecule has 0 saturated heterocycles. The first-order valence-electron chi connectivity index (χ1n) is 20.2. The van der Waals surface area contributed by atoms with Gasteiger partial charge >= 0.3 is 0 Å². The summed E-state index contributed by atoms with van der Waals surface area (Å²) in [5, 5.41) is 14.1. The minimum absolute atomic E-state index is 1.22. The highest BCUT2D eigenvalue weighted by Crippen LogP contribution is 2.49. The molecule has 10 aromatic carbocycles. The second kappa shape index (κ2) is 13.4. The fourth-order valence-corrected chi connectivity index (χ4v) is 11.9. The molecule has 2 heterocycles. The lowest BCUT2D eigenvalue weighted by Crippen LogP contribution is -1.91. The van der Waals surface area contributed by atoms with Gasteiger partial charge in [0, 0.05) is 40.7 Å². The molecule has 0 aliphatic heterocycles. The summed E-state index contributed by atoms with van der Waals surface area (Å²) in [6.07, 6.45) is 2.05. The van der Waals surface area contributed by atoms with E-state index in [0.717, 1.165) is 0 Å². The standard InChI is InChI=1S/C57H36S2/c1-3-49-56(53-34(2)23-30-51-57(53)47-20-10-11-22-50(47)59-51)48-29-28-39(33-52(48)58-49)37-24-25-38-32-40(27-26-36(38)31-37)54-43-16-6-8-18-45(43)55(46-19-9-7-17-44(46)54)42-21-12-14-35-13-4-5-15-41(35)42/h3-33H,1H2,2H3. The van der Waals surface area contributed by atoms with Crippen LogP contribution in [-0.4, -0.2) is 0 Å². The maximum Gasteiger partial charge on any atom is 0.0361 e. The van der Waals surface area contributed by atoms with E-state index in [1.807, 2.05) is 28.7 Å². The molecule has 0 spiro atoms. The number of rotatable bonds is 5. The summed E-state index contributed by atoms with van der Waals surface area (Å²) in [5.74, 6) is 0. The molecular weight excluding hydrogens is 749 g/mol. The van der Waals surface area contributed by atoms with Gasteiger partial charge in [-0.3, -0.25) is 0 Å². The van der Waals surface area contributed by atoms with Gasteiger partial charge in [-0.15, -0.1) is 22.7 Å². The predicted octanol–water partition coefficient (Wildman–Crippen LogP) is 17.5.